The Labute approximate surface area is 115 Å². The highest BCUT2D eigenvalue weighted by Gasteiger charge is 2.22. The Morgan fingerprint density at radius 1 is 0.737 bits per heavy atom. The van der Waals surface area contributed by atoms with E-state index in [-0.39, 0.29) is 0 Å². The summed E-state index contributed by atoms with van der Waals surface area (Å²) >= 11 is 0. The number of anilines is 2. The summed E-state index contributed by atoms with van der Waals surface area (Å²) < 4.78 is 0. The van der Waals surface area contributed by atoms with Crippen molar-refractivity contribution < 1.29 is 0 Å². The first-order valence-corrected chi connectivity index (χ1v) is 6.68. The molecule has 0 atom stereocenters. The summed E-state index contributed by atoms with van der Waals surface area (Å²) in [4.78, 5) is 2.39. The molecule has 0 bridgehead atoms. The summed E-state index contributed by atoms with van der Waals surface area (Å²) in [7, 11) is 0. The minimum absolute atomic E-state index is 0.384. The summed E-state index contributed by atoms with van der Waals surface area (Å²) in [6, 6.07) is 21.1. The van der Waals surface area contributed by atoms with Crippen LogP contribution < -0.4 is 4.81 Å². The molecule has 1 nitrogen and oxygen atoms in total. The average molecular weight is 245 g/mol. The van der Waals surface area contributed by atoms with Crippen molar-refractivity contribution in [1.82, 2.24) is 0 Å². The highest BCUT2D eigenvalue weighted by atomic mass is 15.1. The van der Waals surface area contributed by atoms with Gasteiger partial charge in [0.25, 0.3) is 6.85 Å². The summed E-state index contributed by atoms with van der Waals surface area (Å²) in [5.74, 6) is 2.26. The molecular weight excluding hydrogens is 229 g/mol. The second-order valence-electron chi connectivity index (χ2n) is 4.66. The van der Waals surface area contributed by atoms with Crippen LogP contribution in [0.3, 0.4) is 0 Å². The van der Waals surface area contributed by atoms with E-state index >= 15 is 0 Å². The Morgan fingerprint density at radius 2 is 1.32 bits per heavy atom. The fourth-order valence-corrected chi connectivity index (χ4v) is 2.47. The van der Waals surface area contributed by atoms with Gasteiger partial charge in [-0.1, -0.05) is 60.6 Å². The molecular formula is C17H16BN. The molecule has 3 rings (SSSR count). The highest BCUT2D eigenvalue weighted by Crippen LogP contribution is 2.28. The molecule has 1 aliphatic rings. The zero-order chi connectivity index (χ0) is 12.9. The average Bonchev–Trinajstić information content (AvgIpc) is 2.51. The third-order valence-electron chi connectivity index (χ3n) is 3.36. The van der Waals surface area contributed by atoms with E-state index < -0.39 is 0 Å². The Morgan fingerprint density at radius 3 is 1.79 bits per heavy atom. The van der Waals surface area contributed by atoms with E-state index in [1.165, 1.54) is 11.4 Å². The van der Waals surface area contributed by atoms with Crippen LogP contribution in [0.2, 0.25) is 6.32 Å². The van der Waals surface area contributed by atoms with Gasteiger partial charge in [-0.15, -0.1) is 0 Å². The van der Waals surface area contributed by atoms with Gasteiger partial charge >= 0.3 is 0 Å². The van der Waals surface area contributed by atoms with E-state index in [1.54, 1.807) is 0 Å². The molecule has 2 aromatic rings. The van der Waals surface area contributed by atoms with Crippen molar-refractivity contribution in [1.29, 1.82) is 0 Å². The second kappa shape index (κ2) is 5.62. The zero-order valence-corrected chi connectivity index (χ0v) is 10.8. The van der Waals surface area contributed by atoms with E-state index in [0.29, 0.717) is 6.85 Å². The molecule has 0 fully saturated rings. The van der Waals surface area contributed by atoms with Crippen molar-refractivity contribution in [2.75, 3.05) is 4.81 Å². The minimum atomic E-state index is 0.384. The molecule has 0 amide bonds. The van der Waals surface area contributed by atoms with Gasteiger partial charge in [0.1, 0.15) is 0 Å². The van der Waals surface area contributed by atoms with Gasteiger partial charge in [0.05, 0.1) is 0 Å². The van der Waals surface area contributed by atoms with Crippen molar-refractivity contribution in [3.8, 4) is 0 Å². The van der Waals surface area contributed by atoms with Crippen LogP contribution in [0.4, 0.5) is 11.4 Å². The Hall–Kier alpha value is -2.22. The summed E-state index contributed by atoms with van der Waals surface area (Å²) in [6.45, 7) is 0.384. The molecule has 1 heterocycles. The molecule has 0 unspecified atom stereocenters. The third-order valence-corrected chi connectivity index (χ3v) is 3.36. The third kappa shape index (κ3) is 2.63. The largest absolute Gasteiger partial charge is 0.382 e. The fraction of sp³-hybridized carbons (Fsp3) is 0.0588. The van der Waals surface area contributed by atoms with Crippen molar-refractivity contribution in [2.45, 2.75) is 6.32 Å². The molecule has 0 spiro atoms. The van der Waals surface area contributed by atoms with Gasteiger partial charge in [-0.3, -0.25) is 0 Å². The van der Waals surface area contributed by atoms with Crippen LogP contribution in [0, 0.1) is 0 Å². The Kier molecular flexibility index (Phi) is 3.50. The number of benzene rings is 2. The summed E-state index contributed by atoms with van der Waals surface area (Å²) in [5, 5.41) is 0. The standard InChI is InChI=1S/C17H16BN/c1-4-10-16(11-5-1)19(17-12-6-2-7-13-17)18-14-8-3-9-15-18/h1-14H,15H2. The second-order valence-corrected chi connectivity index (χ2v) is 4.66. The smallest absolute Gasteiger partial charge is 0.290 e. The lowest BCUT2D eigenvalue weighted by atomic mass is 9.55. The van der Waals surface area contributed by atoms with Gasteiger partial charge in [0, 0.05) is 11.4 Å². The molecule has 0 radical (unpaired) electrons. The van der Waals surface area contributed by atoms with Gasteiger partial charge < -0.3 is 4.81 Å². The van der Waals surface area contributed by atoms with E-state index in [4.69, 9.17) is 0 Å². The lowest BCUT2D eigenvalue weighted by Gasteiger charge is -2.30. The first-order chi connectivity index (χ1) is 9.45. The normalized spacial score (nSPS) is 13.6. The van der Waals surface area contributed by atoms with Gasteiger partial charge in [0.2, 0.25) is 0 Å². The molecule has 92 valence electrons. The molecule has 0 N–H and O–H groups in total. The van der Waals surface area contributed by atoms with E-state index in [0.717, 1.165) is 6.32 Å². The van der Waals surface area contributed by atoms with Crippen LogP contribution in [0.1, 0.15) is 0 Å². The lowest BCUT2D eigenvalue weighted by Crippen LogP contribution is -2.34. The van der Waals surface area contributed by atoms with Crippen LogP contribution in [0.15, 0.2) is 84.9 Å². The first kappa shape index (κ1) is 11.9. The molecule has 1 aliphatic heterocycles. The quantitative estimate of drug-likeness (QED) is 0.720. The van der Waals surface area contributed by atoms with Gasteiger partial charge in [-0.05, 0) is 30.6 Å². The van der Waals surface area contributed by atoms with E-state index in [2.05, 4.69) is 89.7 Å². The van der Waals surface area contributed by atoms with Crippen molar-refractivity contribution in [2.24, 2.45) is 0 Å². The number of nitrogens with zero attached hydrogens (tertiary/aromatic N) is 1. The zero-order valence-electron chi connectivity index (χ0n) is 10.8. The van der Waals surface area contributed by atoms with Crippen LogP contribution >= 0.6 is 0 Å². The molecule has 0 aromatic heterocycles. The number of hydrogen-bond donors (Lipinski definition) is 0. The molecule has 0 saturated carbocycles. The maximum absolute atomic E-state index is 2.39. The Balaban J connectivity index is 2.01. The summed E-state index contributed by atoms with van der Waals surface area (Å²) in [5.41, 5.74) is 2.47. The topological polar surface area (TPSA) is 3.24 Å². The van der Waals surface area contributed by atoms with Gasteiger partial charge in [-0.25, -0.2) is 0 Å². The van der Waals surface area contributed by atoms with Crippen LogP contribution in [0.25, 0.3) is 0 Å². The lowest BCUT2D eigenvalue weighted by molar-refractivity contribution is 1.34. The molecule has 0 aliphatic carbocycles. The van der Waals surface area contributed by atoms with Crippen LogP contribution in [-0.2, 0) is 0 Å². The number of hydrogen-bond acceptors (Lipinski definition) is 1. The minimum Gasteiger partial charge on any atom is -0.382 e. The van der Waals surface area contributed by atoms with Crippen molar-refractivity contribution in [3.05, 3.63) is 84.9 Å². The van der Waals surface area contributed by atoms with Crippen LogP contribution in [-0.4, -0.2) is 6.85 Å². The maximum atomic E-state index is 2.39. The van der Waals surface area contributed by atoms with Gasteiger partial charge in [0.15, 0.2) is 0 Å². The number of allylic oxidation sites excluding steroid dienone is 3. The fourth-order valence-electron chi connectivity index (χ4n) is 2.47. The first-order valence-electron chi connectivity index (χ1n) is 6.68. The molecule has 19 heavy (non-hydrogen) atoms. The summed E-state index contributed by atoms with van der Waals surface area (Å²) in [6.07, 6.45) is 7.52. The Bertz CT molecular complexity index is 535. The SMILES string of the molecule is C1=CCB(N(c2ccccc2)c2ccccc2)C=C1. The molecule has 2 heteroatoms. The van der Waals surface area contributed by atoms with Crippen molar-refractivity contribution in [3.63, 3.8) is 0 Å². The maximum Gasteiger partial charge on any atom is 0.290 e. The molecule has 0 saturated heterocycles. The highest BCUT2D eigenvalue weighted by molar-refractivity contribution is 6.70. The van der Waals surface area contributed by atoms with E-state index in [9.17, 15) is 0 Å². The van der Waals surface area contributed by atoms with Crippen LogP contribution in [0.5, 0.6) is 0 Å². The number of rotatable bonds is 3. The monoisotopic (exact) mass is 245 g/mol. The van der Waals surface area contributed by atoms with E-state index in [1.807, 2.05) is 0 Å². The predicted molar refractivity (Wildman–Crippen MR) is 83.9 cm³/mol. The van der Waals surface area contributed by atoms with Crippen molar-refractivity contribution >= 4 is 18.2 Å². The predicted octanol–water partition coefficient (Wildman–Crippen LogP) is 4.48. The van der Waals surface area contributed by atoms with Gasteiger partial charge in [-0.2, -0.15) is 0 Å². The number of para-hydroxylation sites is 2. The molecule has 2 aromatic carbocycles.